The van der Waals surface area contributed by atoms with Crippen LogP contribution in [0.5, 0.6) is 0 Å². The maximum atomic E-state index is 12.4. The molecule has 0 unspecified atom stereocenters. The summed E-state index contributed by atoms with van der Waals surface area (Å²) in [6.45, 7) is 4.66. The highest BCUT2D eigenvalue weighted by molar-refractivity contribution is 7.98. The molecule has 7 nitrogen and oxygen atoms in total. The van der Waals surface area contributed by atoms with Crippen molar-refractivity contribution < 1.29 is 4.79 Å². The van der Waals surface area contributed by atoms with Gasteiger partial charge in [0.15, 0.2) is 5.16 Å². The summed E-state index contributed by atoms with van der Waals surface area (Å²) in [5, 5.41) is 21.5. The zero-order valence-corrected chi connectivity index (χ0v) is 18.2. The number of amides is 1. The van der Waals surface area contributed by atoms with Crippen LogP contribution >= 0.6 is 23.1 Å². The summed E-state index contributed by atoms with van der Waals surface area (Å²) >= 11 is 2.82. The lowest BCUT2D eigenvalue weighted by Gasteiger charge is -2.07. The predicted molar refractivity (Wildman–Crippen MR) is 119 cm³/mol. The van der Waals surface area contributed by atoms with E-state index in [-0.39, 0.29) is 5.91 Å². The Morgan fingerprint density at radius 2 is 1.77 bits per heavy atom. The van der Waals surface area contributed by atoms with Gasteiger partial charge in [0.1, 0.15) is 10.8 Å². The molecule has 0 aliphatic rings. The lowest BCUT2D eigenvalue weighted by molar-refractivity contribution is 0.102. The number of carbonyl (C=O) groups is 1. The highest BCUT2D eigenvalue weighted by Gasteiger charge is 2.15. The van der Waals surface area contributed by atoms with Gasteiger partial charge >= 0.3 is 0 Å². The van der Waals surface area contributed by atoms with Crippen LogP contribution in [0.4, 0.5) is 5.69 Å². The molecule has 30 heavy (non-hydrogen) atoms. The van der Waals surface area contributed by atoms with E-state index in [1.54, 1.807) is 0 Å². The second kappa shape index (κ2) is 9.19. The SMILES string of the molecule is Cc1ccc(NC(=O)c2nnc(CSc3nnc(C)n3Cc3ccccc3)s2)cc1. The molecule has 0 saturated heterocycles. The van der Waals surface area contributed by atoms with Gasteiger partial charge in [-0.3, -0.25) is 4.79 Å². The maximum absolute atomic E-state index is 12.4. The van der Waals surface area contributed by atoms with E-state index in [0.29, 0.717) is 17.3 Å². The summed E-state index contributed by atoms with van der Waals surface area (Å²) in [6.07, 6.45) is 0. The van der Waals surface area contributed by atoms with Crippen LogP contribution in [0, 0.1) is 13.8 Å². The van der Waals surface area contributed by atoms with E-state index in [1.165, 1.54) is 28.7 Å². The van der Waals surface area contributed by atoms with Crippen LogP contribution in [0.1, 0.15) is 31.8 Å². The van der Waals surface area contributed by atoms with Crippen LogP contribution in [0.25, 0.3) is 0 Å². The molecule has 0 atom stereocenters. The predicted octanol–water partition coefficient (Wildman–Crippen LogP) is 4.34. The number of carbonyl (C=O) groups excluding carboxylic acids is 1. The maximum Gasteiger partial charge on any atom is 0.286 e. The monoisotopic (exact) mass is 436 g/mol. The van der Waals surface area contributed by atoms with Gasteiger partial charge in [0, 0.05) is 5.69 Å². The molecule has 0 aliphatic carbocycles. The van der Waals surface area contributed by atoms with E-state index in [9.17, 15) is 4.79 Å². The molecule has 0 fully saturated rings. The summed E-state index contributed by atoms with van der Waals surface area (Å²) in [4.78, 5) is 12.4. The average molecular weight is 437 g/mol. The van der Waals surface area contributed by atoms with Gasteiger partial charge in [-0.05, 0) is 31.5 Å². The van der Waals surface area contributed by atoms with Crippen molar-refractivity contribution in [2.24, 2.45) is 0 Å². The summed E-state index contributed by atoms with van der Waals surface area (Å²) in [5.41, 5.74) is 3.06. The Morgan fingerprint density at radius 3 is 2.53 bits per heavy atom. The highest BCUT2D eigenvalue weighted by Crippen LogP contribution is 2.25. The third-order valence-corrected chi connectivity index (χ3v) is 6.46. The van der Waals surface area contributed by atoms with Crippen LogP contribution in [0.15, 0.2) is 59.8 Å². The standard InChI is InChI=1S/C21H20N6OS2/c1-14-8-10-17(11-9-14)22-19(28)20-25-24-18(30-20)13-29-21-26-23-15(2)27(21)12-16-6-4-3-5-7-16/h3-11H,12-13H2,1-2H3,(H,22,28). The van der Waals surface area contributed by atoms with Gasteiger partial charge in [0.05, 0.1) is 12.3 Å². The first-order chi connectivity index (χ1) is 14.6. The Bertz CT molecular complexity index is 1140. The summed E-state index contributed by atoms with van der Waals surface area (Å²) in [5.74, 6) is 1.18. The van der Waals surface area contributed by atoms with Crippen molar-refractivity contribution in [3.63, 3.8) is 0 Å². The molecule has 0 spiro atoms. The smallest absolute Gasteiger partial charge is 0.286 e. The third-order valence-electron chi connectivity index (χ3n) is 4.38. The molecule has 2 aromatic carbocycles. The molecule has 4 aromatic rings. The zero-order chi connectivity index (χ0) is 20.9. The van der Waals surface area contributed by atoms with Crippen molar-refractivity contribution in [2.75, 3.05) is 5.32 Å². The van der Waals surface area contributed by atoms with E-state index >= 15 is 0 Å². The van der Waals surface area contributed by atoms with Crippen LogP contribution in [0.2, 0.25) is 0 Å². The Morgan fingerprint density at radius 1 is 1.00 bits per heavy atom. The number of hydrogen-bond acceptors (Lipinski definition) is 7. The van der Waals surface area contributed by atoms with Crippen molar-refractivity contribution in [3.8, 4) is 0 Å². The normalized spacial score (nSPS) is 10.9. The summed E-state index contributed by atoms with van der Waals surface area (Å²) < 4.78 is 2.08. The van der Waals surface area contributed by atoms with Gasteiger partial charge in [-0.15, -0.1) is 20.4 Å². The van der Waals surface area contributed by atoms with Crippen molar-refractivity contribution in [1.82, 2.24) is 25.0 Å². The van der Waals surface area contributed by atoms with Crippen molar-refractivity contribution in [3.05, 3.63) is 81.6 Å². The van der Waals surface area contributed by atoms with Gasteiger partial charge in [-0.25, -0.2) is 0 Å². The minimum absolute atomic E-state index is 0.254. The molecule has 152 valence electrons. The Kier molecular flexibility index (Phi) is 6.20. The van der Waals surface area contributed by atoms with Crippen molar-refractivity contribution in [2.45, 2.75) is 31.3 Å². The lowest BCUT2D eigenvalue weighted by atomic mass is 10.2. The van der Waals surface area contributed by atoms with Crippen molar-refractivity contribution >= 4 is 34.7 Å². The largest absolute Gasteiger partial charge is 0.320 e. The molecule has 1 amide bonds. The molecular formula is C21H20N6OS2. The highest BCUT2D eigenvalue weighted by atomic mass is 32.2. The number of hydrogen-bond donors (Lipinski definition) is 1. The van der Waals surface area contributed by atoms with Crippen LogP contribution in [0.3, 0.4) is 0 Å². The van der Waals surface area contributed by atoms with E-state index in [2.05, 4.69) is 42.4 Å². The van der Waals surface area contributed by atoms with Gasteiger partial charge in [0.25, 0.3) is 5.91 Å². The number of nitrogens with zero attached hydrogens (tertiary/aromatic N) is 5. The average Bonchev–Trinajstić information content (AvgIpc) is 3.36. The first-order valence-corrected chi connectivity index (χ1v) is 11.2. The number of aryl methyl sites for hydroxylation is 2. The number of nitrogens with one attached hydrogen (secondary N) is 1. The first-order valence-electron chi connectivity index (χ1n) is 9.35. The first kappa shape index (κ1) is 20.2. The molecule has 0 saturated carbocycles. The number of aromatic nitrogens is 5. The van der Waals surface area contributed by atoms with Gasteiger partial charge in [-0.2, -0.15) is 0 Å². The van der Waals surface area contributed by atoms with E-state index < -0.39 is 0 Å². The van der Waals surface area contributed by atoms with Crippen LogP contribution in [-0.4, -0.2) is 30.9 Å². The molecule has 9 heteroatoms. The fourth-order valence-electron chi connectivity index (χ4n) is 2.77. The van der Waals surface area contributed by atoms with Crippen molar-refractivity contribution in [1.29, 1.82) is 0 Å². The van der Waals surface area contributed by atoms with Gasteiger partial charge < -0.3 is 9.88 Å². The number of anilines is 1. The molecule has 0 aliphatic heterocycles. The van der Waals surface area contributed by atoms with Crippen LogP contribution < -0.4 is 5.32 Å². The molecule has 4 rings (SSSR count). The molecule has 0 bridgehead atoms. The van der Waals surface area contributed by atoms with Crippen LogP contribution in [-0.2, 0) is 12.3 Å². The molecule has 2 heterocycles. The fraction of sp³-hybridized carbons (Fsp3) is 0.190. The molecule has 2 aromatic heterocycles. The number of thioether (sulfide) groups is 1. The topological polar surface area (TPSA) is 85.6 Å². The fourth-order valence-corrected chi connectivity index (χ4v) is 4.47. The Balaban J connectivity index is 1.39. The van der Waals surface area contributed by atoms with Gasteiger partial charge in [-0.1, -0.05) is 71.1 Å². The minimum atomic E-state index is -0.254. The second-order valence-electron chi connectivity index (χ2n) is 6.71. The molecular weight excluding hydrogens is 416 g/mol. The van der Waals surface area contributed by atoms with E-state index in [0.717, 1.165) is 27.2 Å². The van der Waals surface area contributed by atoms with E-state index in [1.807, 2.05) is 56.3 Å². The summed E-state index contributed by atoms with van der Waals surface area (Å²) in [6, 6.07) is 17.8. The third kappa shape index (κ3) is 4.92. The summed E-state index contributed by atoms with van der Waals surface area (Å²) in [7, 11) is 0. The number of benzene rings is 2. The molecule has 0 radical (unpaired) electrons. The Hall–Kier alpha value is -3.04. The van der Waals surface area contributed by atoms with Gasteiger partial charge in [0.2, 0.25) is 5.01 Å². The number of rotatable bonds is 7. The second-order valence-corrected chi connectivity index (χ2v) is 8.72. The molecule has 1 N–H and O–H groups in total. The zero-order valence-electron chi connectivity index (χ0n) is 16.6. The Labute approximate surface area is 182 Å². The quantitative estimate of drug-likeness (QED) is 0.434. The van der Waals surface area contributed by atoms with E-state index in [4.69, 9.17) is 0 Å². The minimum Gasteiger partial charge on any atom is -0.320 e. The lowest BCUT2D eigenvalue weighted by Crippen LogP contribution is -2.11.